The molecule has 1 saturated carbocycles. The van der Waals surface area contributed by atoms with Crippen molar-refractivity contribution >= 4 is 5.69 Å². The maximum atomic E-state index is 9.18. The Morgan fingerprint density at radius 1 is 1.33 bits per heavy atom. The zero-order chi connectivity index (χ0) is 13.0. The molecule has 0 aromatic heterocycles. The van der Waals surface area contributed by atoms with Crippen molar-refractivity contribution in [3.8, 4) is 11.8 Å². The highest BCUT2D eigenvalue weighted by molar-refractivity contribution is 5.54. The first-order valence-electron chi connectivity index (χ1n) is 6.55. The van der Waals surface area contributed by atoms with E-state index in [-0.39, 0.29) is 12.0 Å². The molecule has 0 spiro atoms. The van der Waals surface area contributed by atoms with Gasteiger partial charge in [0, 0.05) is 11.7 Å². The summed E-state index contributed by atoms with van der Waals surface area (Å²) in [6.45, 7) is 2.06. The molecule has 2 unspecified atom stereocenters. The zero-order valence-electron chi connectivity index (χ0n) is 11.1. The number of aryl methyl sites for hydroxylation is 1. The molecule has 1 N–H and O–H groups in total. The summed E-state index contributed by atoms with van der Waals surface area (Å²) in [6, 6.07) is 8.73. The van der Waals surface area contributed by atoms with Crippen LogP contribution in [0.3, 0.4) is 0 Å². The number of hydrogen-bond acceptors (Lipinski definition) is 3. The topological polar surface area (TPSA) is 45.0 Å². The van der Waals surface area contributed by atoms with Gasteiger partial charge in [0.05, 0.1) is 19.1 Å². The molecule has 1 aromatic carbocycles. The number of ether oxygens (including phenoxy) is 1. The summed E-state index contributed by atoms with van der Waals surface area (Å²) < 4.78 is 5.20. The lowest BCUT2D eigenvalue weighted by atomic mass is 9.85. The molecule has 2 rings (SSSR count). The summed E-state index contributed by atoms with van der Waals surface area (Å²) in [5, 5.41) is 12.7. The Balaban J connectivity index is 2.11. The van der Waals surface area contributed by atoms with Crippen LogP contribution in [-0.4, -0.2) is 13.2 Å². The van der Waals surface area contributed by atoms with Gasteiger partial charge in [0.2, 0.25) is 0 Å². The van der Waals surface area contributed by atoms with Crippen molar-refractivity contribution in [2.75, 3.05) is 12.4 Å². The molecule has 1 aromatic rings. The van der Waals surface area contributed by atoms with Crippen molar-refractivity contribution in [3.05, 3.63) is 23.8 Å². The highest BCUT2D eigenvalue weighted by atomic mass is 16.5. The fourth-order valence-electron chi connectivity index (χ4n) is 2.58. The average molecular weight is 244 g/mol. The van der Waals surface area contributed by atoms with E-state index in [1.54, 1.807) is 7.11 Å². The minimum Gasteiger partial charge on any atom is -0.497 e. The van der Waals surface area contributed by atoms with Crippen molar-refractivity contribution < 1.29 is 4.74 Å². The van der Waals surface area contributed by atoms with E-state index in [1.165, 1.54) is 12.8 Å². The monoisotopic (exact) mass is 244 g/mol. The molecule has 18 heavy (non-hydrogen) atoms. The normalized spacial score (nSPS) is 23.2. The molecule has 1 aliphatic carbocycles. The summed E-state index contributed by atoms with van der Waals surface area (Å²) in [5.41, 5.74) is 2.28. The van der Waals surface area contributed by atoms with E-state index in [9.17, 15) is 5.26 Å². The Morgan fingerprint density at radius 3 is 2.78 bits per heavy atom. The van der Waals surface area contributed by atoms with Crippen LogP contribution in [0.2, 0.25) is 0 Å². The third-order valence-electron chi connectivity index (χ3n) is 3.71. The van der Waals surface area contributed by atoms with Gasteiger partial charge in [-0.3, -0.25) is 0 Å². The van der Waals surface area contributed by atoms with E-state index < -0.39 is 0 Å². The van der Waals surface area contributed by atoms with Gasteiger partial charge in [-0.2, -0.15) is 5.26 Å². The minimum atomic E-state index is 0.139. The zero-order valence-corrected chi connectivity index (χ0v) is 11.1. The second kappa shape index (κ2) is 5.77. The first-order valence-corrected chi connectivity index (χ1v) is 6.55. The van der Waals surface area contributed by atoms with E-state index in [0.29, 0.717) is 0 Å². The summed E-state index contributed by atoms with van der Waals surface area (Å²) in [5.74, 6) is 1.01. The molecule has 0 aliphatic heterocycles. The van der Waals surface area contributed by atoms with Crippen LogP contribution in [0.5, 0.6) is 5.75 Å². The maximum absolute atomic E-state index is 9.18. The molecule has 1 aliphatic rings. The predicted octanol–water partition coefficient (Wildman–Crippen LogP) is 3.50. The summed E-state index contributed by atoms with van der Waals surface area (Å²) >= 11 is 0. The third-order valence-corrected chi connectivity index (χ3v) is 3.71. The first kappa shape index (κ1) is 12.8. The second-order valence-electron chi connectivity index (χ2n) is 4.95. The van der Waals surface area contributed by atoms with Gasteiger partial charge in [-0.05, 0) is 43.5 Å². The van der Waals surface area contributed by atoms with Crippen molar-refractivity contribution in [3.63, 3.8) is 0 Å². The lowest BCUT2D eigenvalue weighted by molar-refractivity contribution is 0.388. The molecule has 0 heterocycles. The number of benzene rings is 1. The van der Waals surface area contributed by atoms with E-state index >= 15 is 0 Å². The summed E-state index contributed by atoms with van der Waals surface area (Å²) in [6.07, 6.45) is 4.50. The lowest BCUT2D eigenvalue weighted by Gasteiger charge is -2.29. The molecule has 3 nitrogen and oxygen atoms in total. The van der Waals surface area contributed by atoms with E-state index in [4.69, 9.17) is 4.74 Å². The van der Waals surface area contributed by atoms with Gasteiger partial charge in [-0.1, -0.05) is 12.8 Å². The lowest BCUT2D eigenvalue weighted by Crippen LogP contribution is -2.31. The Bertz CT molecular complexity index is 450. The number of nitriles is 1. The summed E-state index contributed by atoms with van der Waals surface area (Å²) in [7, 11) is 1.68. The van der Waals surface area contributed by atoms with Crippen molar-refractivity contribution in [1.29, 1.82) is 5.26 Å². The van der Waals surface area contributed by atoms with E-state index in [0.717, 1.165) is 29.8 Å². The van der Waals surface area contributed by atoms with Crippen LogP contribution in [0, 0.1) is 24.2 Å². The van der Waals surface area contributed by atoms with Crippen LogP contribution in [-0.2, 0) is 0 Å². The molecule has 0 radical (unpaired) electrons. The Kier molecular flexibility index (Phi) is 4.09. The van der Waals surface area contributed by atoms with Gasteiger partial charge in [0.25, 0.3) is 0 Å². The van der Waals surface area contributed by atoms with Gasteiger partial charge in [-0.25, -0.2) is 0 Å². The third kappa shape index (κ3) is 2.76. The molecule has 0 amide bonds. The minimum absolute atomic E-state index is 0.139. The number of hydrogen-bond donors (Lipinski definition) is 1. The molecule has 1 fully saturated rings. The highest BCUT2D eigenvalue weighted by Crippen LogP contribution is 2.29. The molecular weight excluding hydrogens is 224 g/mol. The van der Waals surface area contributed by atoms with Crippen LogP contribution in [0.4, 0.5) is 5.69 Å². The van der Waals surface area contributed by atoms with Crippen molar-refractivity contribution in [1.82, 2.24) is 0 Å². The molecule has 3 heteroatoms. The SMILES string of the molecule is COc1ccc(NC2CCCCC2C#N)c(C)c1. The first-order chi connectivity index (χ1) is 8.74. The quantitative estimate of drug-likeness (QED) is 0.885. The fraction of sp³-hybridized carbons (Fsp3) is 0.533. The molecule has 0 saturated heterocycles. The van der Waals surface area contributed by atoms with Crippen LogP contribution >= 0.6 is 0 Å². The molecule has 96 valence electrons. The van der Waals surface area contributed by atoms with Gasteiger partial charge in [0.1, 0.15) is 5.75 Å². The largest absolute Gasteiger partial charge is 0.497 e. The smallest absolute Gasteiger partial charge is 0.119 e. The Hall–Kier alpha value is -1.69. The van der Waals surface area contributed by atoms with E-state index in [1.807, 2.05) is 18.2 Å². The predicted molar refractivity (Wildman–Crippen MR) is 72.7 cm³/mol. The van der Waals surface area contributed by atoms with Crippen LogP contribution in [0.25, 0.3) is 0 Å². The molecule has 2 atom stereocenters. The number of anilines is 1. The highest BCUT2D eigenvalue weighted by Gasteiger charge is 2.24. The van der Waals surface area contributed by atoms with Crippen LogP contribution in [0.15, 0.2) is 18.2 Å². The number of rotatable bonds is 3. The summed E-state index contributed by atoms with van der Waals surface area (Å²) in [4.78, 5) is 0. The maximum Gasteiger partial charge on any atom is 0.119 e. The Labute approximate surface area is 109 Å². The van der Waals surface area contributed by atoms with Crippen molar-refractivity contribution in [2.24, 2.45) is 5.92 Å². The number of methoxy groups -OCH3 is 1. The second-order valence-corrected chi connectivity index (χ2v) is 4.95. The molecular formula is C15H20N2O. The van der Waals surface area contributed by atoms with Gasteiger partial charge in [0.15, 0.2) is 0 Å². The Morgan fingerprint density at radius 2 is 2.11 bits per heavy atom. The standard InChI is InChI=1S/C15H20N2O/c1-11-9-13(18-2)7-8-14(11)17-15-6-4-3-5-12(15)10-16/h7-9,12,15,17H,3-6H2,1-2H3. The van der Waals surface area contributed by atoms with Gasteiger partial charge in [-0.15, -0.1) is 0 Å². The van der Waals surface area contributed by atoms with Crippen LogP contribution in [0.1, 0.15) is 31.2 Å². The average Bonchev–Trinajstić information content (AvgIpc) is 2.41. The number of nitrogens with one attached hydrogen (secondary N) is 1. The van der Waals surface area contributed by atoms with Gasteiger partial charge < -0.3 is 10.1 Å². The molecule has 0 bridgehead atoms. The number of nitrogens with zero attached hydrogens (tertiary/aromatic N) is 1. The van der Waals surface area contributed by atoms with Gasteiger partial charge >= 0.3 is 0 Å². The fourth-order valence-corrected chi connectivity index (χ4v) is 2.58. The van der Waals surface area contributed by atoms with Crippen molar-refractivity contribution in [2.45, 2.75) is 38.6 Å². The van der Waals surface area contributed by atoms with E-state index in [2.05, 4.69) is 18.3 Å². The van der Waals surface area contributed by atoms with Crippen LogP contribution < -0.4 is 10.1 Å².